The fourth-order valence-electron chi connectivity index (χ4n) is 2.19. The van der Waals surface area contributed by atoms with Gasteiger partial charge in [-0.2, -0.15) is 0 Å². The minimum Gasteiger partial charge on any atom is -0.497 e. The van der Waals surface area contributed by atoms with Crippen LogP contribution in [0, 0.1) is 0 Å². The lowest BCUT2D eigenvalue weighted by Crippen LogP contribution is -2.49. The van der Waals surface area contributed by atoms with Crippen LogP contribution in [-0.4, -0.2) is 25.1 Å². The number of ether oxygens (including phenoxy) is 1. The highest BCUT2D eigenvalue weighted by Gasteiger charge is 2.21. The fourth-order valence-corrected chi connectivity index (χ4v) is 2.19. The Kier molecular flexibility index (Phi) is 6.69. The van der Waals surface area contributed by atoms with Crippen molar-refractivity contribution in [1.29, 1.82) is 0 Å². The zero-order valence-electron chi connectivity index (χ0n) is 13.6. The van der Waals surface area contributed by atoms with Crippen molar-refractivity contribution in [2.75, 3.05) is 13.7 Å². The zero-order chi connectivity index (χ0) is 15.9. The van der Waals surface area contributed by atoms with E-state index in [4.69, 9.17) is 10.5 Å². The minimum atomic E-state index is -0.297. The summed E-state index contributed by atoms with van der Waals surface area (Å²) in [6.45, 7) is 6.68. The molecule has 1 amide bonds. The molecule has 0 heterocycles. The highest BCUT2D eigenvalue weighted by Crippen LogP contribution is 2.23. The summed E-state index contributed by atoms with van der Waals surface area (Å²) in [7, 11) is 1.65. The Morgan fingerprint density at radius 3 is 2.62 bits per heavy atom. The number of nitrogens with two attached hydrogens (primary N) is 1. The van der Waals surface area contributed by atoms with Crippen molar-refractivity contribution >= 4 is 5.91 Å². The highest BCUT2D eigenvalue weighted by atomic mass is 16.5. The molecule has 0 aromatic heterocycles. The van der Waals surface area contributed by atoms with Crippen LogP contribution in [0.3, 0.4) is 0 Å². The summed E-state index contributed by atoms with van der Waals surface area (Å²) >= 11 is 0. The highest BCUT2D eigenvalue weighted by molar-refractivity contribution is 5.77. The second kappa shape index (κ2) is 8.03. The minimum absolute atomic E-state index is 0.0436. The number of carbonyl (C=O) groups excluding carboxylic acids is 1. The van der Waals surface area contributed by atoms with Crippen LogP contribution in [0.4, 0.5) is 0 Å². The Bertz CT molecular complexity index is 456. The maximum Gasteiger partial charge on any atom is 0.220 e. The van der Waals surface area contributed by atoms with E-state index in [0.717, 1.165) is 24.2 Å². The molecule has 0 spiro atoms. The lowest BCUT2D eigenvalue weighted by atomic mass is 9.93. The molecule has 0 saturated heterocycles. The first kappa shape index (κ1) is 17.5. The molecule has 0 aliphatic heterocycles. The van der Waals surface area contributed by atoms with Gasteiger partial charge in [-0.05, 0) is 36.5 Å². The summed E-state index contributed by atoms with van der Waals surface area (Å²) in [4.78, 5) is 12.1. The number of hydrogen-bond donors (Lipinski definition) is 2. The molecule has 0 fully saturated rings. The summed E-state index contributed by atoms with van der Waals surface area (Å²) in [5, 5.41) is 2.96. The maximum atomic E-state index is 12.1. The molecule has 21 heavy (non-hydrogen) atoms. The molecule has 0 saturated carbocycles. The SMILES string of the molecule is CCC(N)(CC)CNC(=O)CC(C)c1cccc(OC)c1. The molecule has 3 N–H and O–H groups in total. The summed E-state index contributed by atoms with van der Waals surface area (Å²) < 4.78 is 5.21. The predicted octanol–water partition coefficient (Wildman–Crippen LogP) is 2.82. The summed E-state index contributed by atoms with van der Waals surface area (Å²) in [6.07, 6.45) is 2.17. The average molecular weight is 292 g/mol. The van der Waals surface area contributed by atoms with Crippen LogP contribution in [0.2, 0.25) is 0 Å². The van der Waals surface area contributed by atoms with Gasteiger partial charge in [0.1, 0.15) is 5.75 Å². The molecule has 1 aromatic rings. The van der Waals surface area contributed by atoms with E-state index in [1.807, 2.05) is 31.2 Å². The van der Waals surface area contributed by atoms with Gasteiger partial charge >= 0.3 is 0 Å². The van der Waals surface area contributed by atoms with Crippen LogP contribution in [0.25, 0.3) is 0 Å². The Balaban J connectivity index is 2.54. The molecule has 0 aliphatic carbocycles. The van der Waals surface area contributed by atoms with Crippen molar-refractivity contribution in [1.82, 2.24) is 5.32 Å². The number of nitrogens with one attached hydrogen (secondary N) is 1. The predicted molar refractivity (Wildman–Crippen MR) is 86.5 cm³/mol. The van der Waals surface area contributed by atoms with Gasteiger partial charge in [-0.1, -0.05) is 32.9 Å². The van der Waals surface area contributed by atoms with Crippen LogP contribution in [0.1, 0.15) is 51.5 Å². The van der Waals surface area contributed by atoms with E-state index < -0.39 is 0 Å². The number of rotatable bonds is 8. The smallest absolute Gasteiger partial charge is 0.220 e. The van der Waals surface area contributed by atoms with Crippen molar-refractivity contribution < 1.29 is 9.53 Å². The van der Waals surface area contributed by atoms with Crippen molar-refractivity contribution in [3.8, 4) is 5.75 Å². The average Bonchev–Trinajstić information content (AvgIpc) is 2.52. The maximum absolute atomic E-state index is 12.1. The van der Waals surface area contributed by atoms with E-state index in [0.29, 0.717) is 13.0 Å². The lowest BCUT2D eigenvalue weighted by Gasteiger charge is -2.27. The second-order valence-electron chi connectivity index (χ2n) is 5.73. The molecule has 0 aliphatic rings. The van der Waals surface area contributed by atoms with Crippen molar-refractivity contribution in [3.63, 3.8) is 0 Å². The molecular formula is C17H28N2O2. The van der Waals surface area contributed by atoms with E-state index in [-0.39, 0.29) is 17.4 Å². The summed E-state index contributed by atoms with van der Waals surface area (Å²) in [5.74, 6) is 1.01. The number of methoxy groups -OCH3 is 1. The second-order valence-corrected chi connectivity index (χ2v) is 5.73. The number of benzene rings is 1. The van der Waals surface area contributed by atoms with E-state index in [1.165, 1.54) is 0 Å². The van der Waals surface area contributed by atoms with Crippen LogP contribution in [-0.2, 0) is 4.79 Å². The molecule has 1 aromatic carbocycles. The van der Waals surface area contributed by atoms with Crippen LogP contribution >= 0.6 is 0 Å². The molecule has 0 bridgehead atoms. The van der Waals surface area contributed by atoms with Crippen LogP contribution < -0.4 is 15.8 Å². The van der Waals surface area contributed by atoms with Gasteiger partial charge in [0.15, 0.2) is 0 Å². The Labute approximate surface area is 128 Å². The van der Waals surface area contributed by atoms with Gasteiger partial charge in [-0.3, -0.25) is 4.79 Å². The number of hydrogen-bond acceptors (Lipinski definition) is 3. The standard InChI is InChI=1S/C17H28N2O2/c1-5-17(18,6-2)12-19-16(20)10-13(3)14-8-7-9-15(11-14)21-4/h7-9,11,13H,5-6,10,12,18H2,1-4H3,(H,19,20). The van der Waals surface area contributed by atoms with Crippen LogP contribution in [0.5, 0.6) is 5.75 Å². The fraction of sp³-hybridized carbons (Fsp3) is 0.588. The Morgan fingerprint density at radius 1 is 1.38 bits per heavy atom. The van der Waals surface area contributed by atoms with E-state index >= 15 is 0 Å². The first-order valence-corrected chi connectivity index (χ1v) is 7.63. The zero-order valence-corrected chi connectivity index (χ0v) is 13.6. The normalized spacial score (nSPS) is 12.8. The topological polar surface area (TPSA) is 64.3 Å². The number of amides is 1. The molecule has 0 radical (unpaired) electrons. The van der Waals surface area contributed by atoms with Gasteiger partial charge in [0.2, 0.25) is 5.91 Å². The van der Waals surface area contributed by atoms with Crippen LogP contribution in [0.15, 0.2) is 24.3 Å². The molecule has 1 rings (SSSR count). The third-order valence-corrected chi connectivity index (χ3v) is 4.20. The van der Waals surface area contributed by atoms with Crippen molar-refractivity contribution in [2.45, 2.75) is 51.5 Å². The molecule has 4 heteroatoms. The molecule has 1 unspecified atom stereocenters. The van der Waals surface area contributed by atoms with Gasteiger partial charge in [-0.15, -0.1) is 0 Å². The molecule has 4 nitrogen and oxygen atoms in total. The van der Waals surface area contributed by atoms with Crippen molar-refractivity contribution in [2.24, 2.45) is 5.73 Å². The van der Waals surface area contributed by atoms with Gasteiger partial charge < -0.3 is 15.8 Å². The lowest BCUT2D eigenvalue weighted by molar-refractivity contribution is -0.121. The van der Waals surface area contributed by atoms with Gasteiger partial charge in [0.05, 0.1) is 7.11 Å². The quantitative estimate of drug-likeness (QED) is 0.774. The number of carbonyl (C=O) groups is 1. The largest absolute Gasteiger partial charge is 0.497 e. The van der Waals surface area contributed by atoms with E-state index in [9.17, 15) is 4.79 Å². The van der Waals surface area contributed by atoms with E-state index in [2.05, 4.69) is 19.2 Å². The third-order valence-electron chi connectivity index (χ3n) is 4.20. The van der Waals surface area contributed by atoms with Gasteiger partial charge in [0, 0.05) is 18.5 Å². The third kappa shape index (κ3) is 5.38. The summed E-state index contributed by atoms with van der Waals surface area (Å²) in [6, 6.07) is 7.85. The Hall–Kier alpha value is -1.55. The molecule has 118 valence electrons. The molecule has 1 atom stereocenters. The first-order valence-electron chi connectivity index (χ1n) is 7.63. The first-order chi connectivity index (χ1) is 9.94. The summed E-state index contributed by atoms with van der Waals surface area (Å²) in [5.41, 5.74) is 7.00. The van der Waals surface area contributed by atoms with Gasteiger partial charge in [0.25, 0.3) is 0 Å². The molecular weight excluding hydrogens is 264 g/mol. The van der Waals surface area contributed by atoms with Crippen molar-refractivity contribution in [3.05, 3.63) is 29.8 Å². The Morgan fingerprint density at radius 2 is 2.05 bits per heavy atom. The monoisotopic (exact) mass is 292 g/mol. The van der Waals surface area contributed by atoms with Gasteiger partial charge in [-0.25, -0.2) is 0 Å². The van der Waals surface area contributed by atoms with E-state index in [1.54, 1.807) is 7.11 Å².